The molecule has 0 aliphatic rings. The Bertz CT molecular complexity index is 488. The Labute approximate surface area is 95.2 Å². The van der Waals surface area contributed by atoms with Gasteiger partial charge < -0.3 is 4.98 Å². The van der Waals surface area contributed by atoms with Crippen molar-refractivity contribution < 1.29 is 0 Å². The van der Waals surface area contributed by atoms with Crippen molar-refractivity contribution in [1.29, 1.82) is 0 Å². The molecule has 0 fully saturated rings. The van der Waals surface area contributed by atoms with E-state index in [1.807, 2.05) is 26.2 Å². The molecule has 16 heavy (non-hydrogen) atoms. The Morgan fingerprint density at radius 2 is 2.06 bits per heavy atom. The van der Waals surface area contributed by atoms with Crippen LogP contribution >= 0.6 is 0 Å². The van der Waals surface area contributed by atoms with Crippen LogP contribution in [0.4, 0.5) is 0 Å². The lowest BCUT2D eigenvalue weighted by Crippen LogP contribution is -1.95. The number of rotatable bonds is 3. The van der Waals surface area contributed by atoms with Gasteiger partial charge in [-0.15, -0.1) is 0 Å². The van der Waals surface area contributed by atoms with Gasteiger partial charge in [0.05, 0.1) is 5.69 Å². The van der Waals surface area contributed by atoms with Crippen LogP contribution in [0.5, 0.6) is 0 Å². The molecule has 0 spiro atoms. The summed E-state index contributed by atoms with van der Waals surface area (Å²) in [5.41, 5.74) is 3.17. The summed E-state index contributed by atoms with van der Waals surface area (Å²) in [6.07, 6.45) is 5.84. The van der Waals surface area contributed by atoms with Crippen molar-refractivity contribution in [2.45, 2.75) is 33.6 Å². The van der Waals surface area contributed by atoms with Gasteiger partial charge in [0.15, 0.2) is 11.6 Å². The molecular formula is C12H16N4. The molecule has 0 saturated carbocycles. The van der Waals surface area contributed by atoms with Gasteiger partial charge in [-0.05, 0) is 25.8 Å². The molecule has 0 atom stereocenters. The number of hydrogen-bond acceptors (Lipinski definition) is 3. The SMILES string of the molecule is CCCc1c[nH]c(-c2ncc(C)c(C)n2)n1. The Balaban J connectivity index is 2.31. The highest BCUT2D eigenvalue weighted by atomic mass is 15.0. The maximum Gasteiger partial charge on any atom is 0.195 e. The van der Waals surface area contributed by atoms with Crippen molar-refractivity contribution in [3.63, 3.8) is 0 Å². The zero-order chi connectivity index (χ0) is 11.5. The lowest BCUT2D eigenvalue weighted by molar-refractivity contribution is 0.891. The number of H-pyrrole nitrogens is 1. The monoisotopic (exact) mass is 216 g/mol. The number of imidazole rings is 1. The maximum absolute atomic E-state index is 4.46. The van der Waals surface area contributed by atoms with Gasteiger partial charge in [-0.25, -0.2) is 15.0 Å². The Morgan fingerprint density at radius 1 is 1.25 bits per heavy atom. The number of aryl methyl sites for hydroxylation is 3. The summed E-state index contributed by atoms with van der Waals surface area (Å²) in [4.78, 5) is 16.3. The Kier molecular flexibility index (Phi) is 2.99. The van der Waals surface area contributed by atoms with E-state index in [9.17, 15) is 0 Å². The minimum Gasteiger partial charge on any atom is -0.342 e. The highest BCUT2D eigenvalue weighted by Crippen LogP contribution is 2.13. The summed E-state index contributed by atoms with van der Waals surface area (Å²) in [5.74, 6) is 1.43. The van der Waals surface area contributed by atoms with E-state index in [-0.39, 0.29) is 0 Å². The van der Waals surface area contributed by atoms with Gasteiger partial charge in [0.1, 0.15) is 0 Å². The van der Waals surface area contributed by atoms with E-state index in [2.05, 4.69) is 26.9 Å². The zero-order valence-electron chi connectivity index (χ0n) is 9.91. The first-order valence-electron chi connectivity index (χ1n) is 5.55. The van der Waals surface area contributed by atoms with Gasteiger partial charge in [0, 0.05) is 18.1 Å². The van der Waals surface area contributed by atoms with E-state index in [0.717, 1.165) is 35.6 Å². The van der Waals surface area contributed by atoms with Gasteiger partial charge in [0.2, 0.25) is 0 Å². The molecule has 4 nitrogen and oxygen atoms in total. The number of aromatic nitrogens is 4. The minimum absolute atomic E-state index is 0.672. The van der Waals surface area contributed by atoms with Crippen molar-refractivity contribution in [3.05, 3.63) is 29.3 Å². The fraction of sp³-hybridized carbons (Fsp3) is 0.417. The molecule has 2 heterocycles. The first-order chi connectivity index (χ1) is 7.70. The fourth-order valence-corrected chi connectivity index (χ4v) is 1.50. The van der Waals surface area contributed by atoms with Crippen molar-refractivity contribution in [2.24, 2.45) is 0 Å². The molecule has 0 radical (unpaired) electrons. The van der Waals surface area contributed by atoms with Gasteiger partial charge in [-0.3, -0.25) is 0 Å². The number of nitrogens with one attached hydrogen (secondary N) is 1. The van der Waals surface area contributed by atoms with Crippen LogP contribution in [0.15, 0.2) is 12.4 Å². The van der Waals surface area contributed by atoms with E-state index < -0.39 is 0 Å². The number of nitrogens with zero attached hydrogens (tertiary/aromatic N) is 3. The molecule has 0 aliphatic carbocycles. The molecule has 0 saturated heterocycles. The first-order valence-corrected chi connectivity index (χ1v) is 5.55. The summed E-state index contributed by atoms with van der Waals surface area (Å²) in [5, 5.41) is 0. The molecule has 84 valence electrons. The predicted molar refractivity (Wildman–Crippen MR) is 63.1 cm³/mol. The van der Waals surface area contributed by atoms with Gasteiger partial charge in [-0.2, -0.15) is 0 Å². The first kappa shape index (κ1) is 10.8. The second kappa shape index (κ2) is 4.43. The van der Waals surface area contributed by atoms with Crippen LogP contribution in [-0.2, 0) is 6.42 Å². The summed E-state index contributed by atoms with van der Waals surface area (Å²) in [7, 11) is 0. The third kappa shape index (κ3) is 2.10. The Morgan fingerprint density at radius 3 is 2.75 bits per heavy atom. The lowest BCUT2D eigenvalue weighted by Gasteiger charge is -2.00. The molecule has 0 aromatic carbocycles. The molecule has 2 aromatic rings. The van der Waals surface area contributed by atoms with Crippen molar-refractivity contribution in [2.75, 3.05) is 0 Å². The van der Waals surface area contributed by atoms with Crippen LogP contribution in [0.25, 0.3) is 11.6 Å². The summed E-state index contributed by atoms with van der Waals surface area (Å²) in [6.45, 7) is 6.13. The quantitative estimate of drug-likeness (QED) is 0.857. The smallest absolute Gasteiger partial charge is 0.195 e. The molecule has 2 rings (SSSR count). The largest absolute Gasteiger partial charge is 0.342 e. The molecule has 0 bridgehead atoms. The molecule has 0 aliphatic heterocycles. The topological polar surface area (TPSA) is 54.5 Å². The van der Waals surface area contributed by atoms with E-state index in [4.69, 9.17) is 0 Å². The van der Waals surface area contributed by atoms with Crippen LogP contribution in [0.1, 0.15) is 30.3 Å². The zero-order valence-corrected chi connectivity index (χ0v) is 9.91. The molecule has 4 heteroatoms. The average Bonchev–Trinajstić information content (AvgIpc) is 2.71. The molecule has 0 unspecified atom stereocenters. The van der Waals surface area contributed by atoms with Crippen molar-refractivity contribution in [3.8, 4) is 11.6 Å². The van der Waals surface area contributed by atoms with E-state index in [0.29, 0.717) is 5.82 Å². The number of hydrogen-bond donors (Lipinski definition) is 1. The summed E-state index contributed by atoms with van der Waals surface area (Å²) in [6, 6.07) is 0. The van der Waals surface area contributed by atoms with Crippen LogP contribution in [-0.4, -0.2) is 19.9 Å². The normalized spacial score (nSPS) is 10.7. The molecule has 0 amide bonds. The molecule has 1 N–H and O–H groups in total. The minimum atomic E-state index is 0.672. The van der Waals surface area contributed by atoms with E-state index in [1.165, 1.54) is 0 Å². The standard InChI is InChI=1S/C12H16N4/c1-4-5-10-7-14-12(16-10)11-13-6-8(2)9(3)15-11/h6-7H,4-5H2,1-3H3,(H,14,16). The highest BCUT2D eigenvalue weighted by molar-refractivity contribution is 5.44. The Hall–Kier alpha value is -1.71. The van der Waals surface area contributed by atoms with Crippen molar-refractivity contribution in [1.82, 2.24) is 19.9 Å². The third-order valence-corrected chi connectivity index (χ3v) is 2.57. The van der Waals surface area contributed by atoms with Crippen LogP contribution in [0, 0.1) is 13.8 Å². The molecular weight excluding hydrogens is 200 g/mol. The van der Waals surface area contributed by atoms with Gasteiger partial charge >= 0.3 is 0 Å². The maximum atomic E-state index is 4.46. The lowest BCUT2D eigenvalue weighted by atomic mass is 10.3. The average molecular weight is 216 g/mol. The fourth-order valence-electron chi connectivity index (χ4n) is 1.50. The van der Waals surface area contributed by atoms with Crippen LogP contribution in [0.3, 0.4) is 0 Å². The van der Waals surface area contributed by atoms with Gasteiger partial charge in [-0.1, -0.05) is 13.3 Å². The predicted octanol–water partition coefficient (Wildman–Crippen LogP) is 2.44. The number of aromatic amines is 1. The van der Waals surface area contributed by atoms with Crippen LogP contribution in [0.2, 0.25) is 0 Å². The van der Waals surface area contributed by atoms with Crippen LogP contribution < -0.4 is 0 Å². The third-order valence-electron chi connectivity index (χ3n) is 2.57. The molecule has 2 aromatic heterocycles. The second-order valence-electron chi connectivity index (χ2n) is 3.95. The highest BCUT2D eigenvalue weighted by Gasteiger charge is 2.07. The van der Waals surface area contributed by atoms with E-state index >= 15 is 0 Å². The van der Waals surface area contributed by atoms with Crippen molar-refractivity contribution >= 4 is 0 Å². The van der Waals surface area contributed by atoms with E-state index in [1.54, 1.807) is 0 Å². The summed E-state index contributed by atoms with van der Waals surface area (Å²) >= 11 is 0. The second-order valence-corrected chi connectivity index (χ2v) is 3.95. The van der Waals surface area contributed by atoms with Gasteiger partial charge in [0.25, 0.3) is 0 Å². The summed E-state index contributed by atoms with van der Waals surface area (Å²) < 4.78 is 0.